The first kappa shape index (κ1) is 15.3. The lowest BCUT2D eigenvalue weighted by molar-refractivity contribution is 0.239. The fourth-order valence-electron chi connectivity index (χ4n) is 2.07. The van der Waals surface area contributed by atoms with Crippen molar-refractivity contribution in [2.24, 2.45) is 0 Å². The van der Waals surface area contributed by atoms with Gasteiger partial charge in [-0.25, -0.2) is 18.7 Å². The van der Waals surface area contributed by atoms with Gasteiger partial charge in [0.05, 0.1) is 12.8 Å². The fraction of sp³-hybridized carbons (Fsp3) is 0.333. The second kappa shape index (κ2) is 6.58. The Balaban J connectivity index is 2.23. The Kier molecular flexibility index (Phi) is 4.80. The molecule has 1 aromatic heterocycles. The van der Waals surface area contributed by atoms with Crippen LogP contribution in [-0.4, -0.2) is 29.0 Å². The van der Waals surface area contributed by atoms with Crippen LogP contribution in [0.4, 0.5) is 8.78 Å². The molecule has 21 heavy (non-hydrogen) atoms. The zero-order valence-corrected chi connectivity index (χ0v) is 12.2. The third kappa shape index (κ3) is 3.33. The number of nitrogens with zero attached hydrogens (tertiary/aromatic N) is 3. The molecular formula is C15H17F2N3O. The van der Waals surface area contributed by atoms with Gasteiger partial charge in [0.15, 0.2) is 11.6 Å². The average Bonchev–Trinajstić information content (AvgIpc) is 2.52. The predicted molar refractivity (Wildman–Crippen MR) is 74.8 cm³/mol. The zero-order valence-electron chi connectivity index (χ0n) is 12.2. The van der Waals surface area contributed by atoms with E-state index in [-0.39, 0.29) is 18.2 Å². The van der Waals surface area contributed by atoms with Crippen LogP contribution in [0.3, 0.4) is 0 Å². The molecule has 0 amide bonds. The van der Waals surface area contributed by atoms with Crippen molar-refractivity contribution >= 4 is 0 Å². The molecule has 2 rings (SSSR count). The normalized spacial score (nSPS) is 12.5. The minimum absolute atomic E-state index is 0.0691. The Labute approximate surface area is 122 Å². The van der Waals surface area contributed by atoms with Crippen molar-refractivity contribution in [2.75, 3.05) is 14.2 Å². The molecule has 112 valence electrons. The molecule has 0 saturated carbocycles. The van der Waals surface area contributed by atoms with Crippen molar-refractivity contribution in [3.8, 4) is 5.75 Å². The van der Waals surface area contributed by atoms with Gasteiger partial charge in [-0.2, -0.15) is 0 Å². The van der Waals surface area contributed by atoms with E-state index >= 15 is 0 Å². The van der Waals surface area contributed by atoms with Crippen LogP contribution in [0.1, 0.15) is 24.2 Å². The molecule has 1 atom stereocenters. The molecule has 4 nitrogen and oxygen atoms in total. The van der Waals surface area contributed by atoms with Gasteiger partial charge in [-0.3, -0.25) is 4.90 Å². The minimum atomic E-state index is -0.881. The maximum absolute atomic E-state index is 14.0. The van der Waals surface area contributed by atoms with Gasteiger partial charge >= 0.3 is 0 Å². The highest BCUT2D eigenvalue weighted by molar-refractivity contribution is 5.35. The summed E-state index contributed by atoms with van der Waals surface area (Å²) in [5.41, 5.74) is 1.00. The number of ether oxygens (including phenoxy) is 1. The van der Waals surface area contributed by atoms with E-state index in [2.05, 4.69) is 9.97 Å². The van der Waals surface area contributed by atoms with Gasteiger partial charge in [-0.05, 0) is 32.2 Å². The molecule has 0 aliphatic carbocycles. The molecular weight excluding hydrogens is 276 g/mol. The van der Waals surface area contributed by atoms with Gasteiger partial charge < -0.3 is 4.74 Å². The van der Waals surface area contributed by atoms with Crippen LogP contribution in [0.5, 0.6) is 5.75 Å². The third-order valence-electron chi connectivity index (χ3n) is 3.47. The van der Waals surface area contributed by atoms with E-state index in [1.807, 2.05) is 18.9 Å². The summed E-state index contributed by atoms with van der Waals surface area (Å²) in [6, 6.07) is 4.21. The first-order chi connectivity index (χ1) is 10.0. The summed E-state index contributed by atoms with van der Waals surface area (Å²) >= 11 is 0. The van der Waals surface area contributed by atoms with Crippen molar-refractivity contribution in [1.82, 2.24) is 14.9 Å². The summed E-state index contributed by atoms with van der Waals surface area (Å²) in [6.45, 7) is 2.14. The molecule has 1 aromatic carbocycles. The highest BCUT2D eigenvalue weighted by atomic mass is 19.2. The van der Waals surface area contributed by atoms with Crippen molar-refractivity contribution in [1.29, 1.82) is 0 Å². The lowest BCUT2D eigenvalue weighted by Gasteiger charge is -2.25. The number of aromatic nitrogens is 2. The van der Waals surface area contributed by atoms with Gasteiger partial charge in [0.25, 0.3) is 0 Å². The van der Waals surface area contributed by atoms with Crippen LogP contribution in [0.2, 0.25) is 0 Å². The summed E-state index contributed by atoms with van der Waals surface area (Å²) in [5.74, 6) is -1.43. The number of halogens is 2. The van der Waals surface area contributed by atoms with Gasteiger partial charge in [0.2, 0.25) is 0 Å². The van der Waals surface area contributed by atoms with Crippen LogP contribution < -0.4 is 4.74 Å². The van der Waals surface area contributed by atoms with Crippen molar-refractivity contribution < 1.29 is 13.5 Å². The van der Waals surface area contributed by atoms with Crippen molar-refractivity contribution in [3.63, 3.8) is 0 Å². The molecule has 1 unspecified atom stereocenters. The molecule has 0 aliphatic rings. The smallest absolute Gasteiger partial charge is 0.167 e. The van der Waals surface area contributed by atoms with Gasteiger partial charge in [0, 0.05) is 24.3 Å². The van der Waals surface area contributed by atoms with Gasteiger partial charge in [-0.1, -0.05) is 0 Å². The highest BCUT2D eigenvalue weighted by Gasteiger charge is 2.19. The molecule has 0 fully saturated rings. The molecule has 2 aromatic rings. The average molecular weight is 293 g/mol. The first-order valence-corrected chi connectivity index (χ1v) is 6.51. The summed E-state index contributed by atoms with van der Waals surface area (Å²) in [7, 11) is 3.25. The predicted octanol–water partition coefficient (Wildman–Crippen LogP) is 2.96. The first-order valence-electron chi connectivity index (χ1n) is 6.51. The molecule has 6 heteroatoms. The van der Waals surface area contributed by atoms with Crippen LogP contribution in [0.25, 0.3) is 0 Å². The quantitative estimate of drug-likeness (QED) is 0.849. The Bertz CT molecular complexity index is 607. The summed E-state index contributed by atoms with van der Waals surface area (Å²) in [4.78, 5) is 9.90. The van der Waals surface area contributed by atoms with E-state index in [4.69, 9.17) is 4.74 Å². The van der Waals surface area contributed by atoms with E-state index in [1.165, 1.54) is 19.5 Å². The van der Waals surface area contributed by atoms with Crippen LogP contribution >= 0.6 is 0 Å². The second-order valence-electron chi connectivity index (χ2n) is 4.77. The van der Waals surface area contributed by atoms with Crippen molar-refractivity contribution in [3.05, 3.63) is 53.6 Å². The summed E-state index contributed by atoms with van der Waals surface area (Å²) in [6.07, 6.45) is 3.11. The van der Waals surface area contributed by atoms with Gasteiger partial charge in [0.1, 0.15) is 12.1 Å². The fourth-order valence-corrected chi connectivity index (χ4v) is 2.07. The lowest BCUT2D eigenvalue weighted by atomic mass is 10.1. The van der Waals surface area contributed by atoms with Crippen molar-refractivity contribution in [2.45, 2.75) is 19.5 Å². The van der Waals surface area contributed by atoms with E-state index in [0.717, 1.165) is 11.8 Å². The van der Waals surface area contributed by atoms with Crippen LogP contribution in [0.15, 0.2) is 30.7 Å². The molecule has 0 N–H and O–H groups in total. The summed E-state index contributed by atoms with van der Waals surface area (Å²) < 4.78 is 32.5. The minimum Gasteiger partial charge on any atom is -0.496 e. The Morgan fingerprint density at radius 1 is 1.29 bits per heavy atom. The lowest BCUT2D eigenvalue weighted by Crippen LogP contribution is -2.23. The topological polar surface area (TPSA) is 38.2 Å². The molecule has 0 aliphatic heterocycles. The van der Waals surface area contributed by atoms with Crippen LogP contribution in [0, 0.1) is 11.6 Å². The number of rotatable bonds is 5. The van der Waals surface area contributed by atoms with Crippen LogP contribution in [-0.2, 0) is 6.54 Å². The number of methoxy groups -OCH3 is 1. The SMILES string of the molecule is COc1ccc(F)c(F)c1CN(C)C(C)c1ccncn1. The molecule has 0 spiro atoms. The Hall–Kier alpha value is -2.08. The third-order valence-corrected chi connectivity index (χ3v) is 3.47. The second-order valence-corrected chi connectivity index (χ2v) is 4.77. The summed E-state index contributed by atoms with van der Waals surface area (Å²) in [5, 5.41) is 0. The molecule has 0 bridgehead atoms. The Morgan fingerprint density at radius 2 is 2.05 bits per heavy atom. The molecule has 1 heterocycles. The van der Waals surface area contributed by atoms with E-state index in [0.29, 0.717) is 5.75 Å². The number of hydrogen-bond acceptors (Lipinski definition) is 4. The van der Waals surface area contributed by atoms with E-state index in [1.54, 1.807) is 12.3 Å². The monoisotopic (exact) mass is 293 g/mol. The molecule has 0 radical (unpaired) electrons. The largest absolute Gasteiger partial charge is 0.496 e. The maximum Gasteiger partial charge on any atom is 0.167 e. The number of benzene rings is 1. The Morgan fingerprint density at radius 3 is 2.67 bits per heavy atom. The maximum atomic E-state index is 14.0. The van der Waals surface area contributed by atoms with Gasteiger partial charge in [-0.15, -0.1) is 0 Å². The van der Waals surface area contributed by atoms with E-state index in [9.17, 15) is 8.78 Å². The standard InChI is InChI=1S/C15H17F2N3O/c1-10(13-6-7-18-9-19-13)20(2)8-11-14(21-3)5-4-12(16)15(11)17/h4-7,9-10H,8H2,1-3H3. The highest BCUT2D eigenvalue weighted by Crippen LogP contribution is 2.27. The molecule has 0 saturated heterocycles. The van der Waals surface area contributed by atoms with E-state index < -0.39 is 11.6 Å². The number of hydrogen-bond donors (Lipinski definition) is 0. The zero-order chi connectivity index (χ0) is 15.4.